The Morgan fingerprint density at radius 3 is 2.62 bits per heavy atom. The highest BCUT2D eigenvalue weighted by Crippen LogP contribution is 2.28. The third-order valence-electron chi connectivity index (χ3n) is 5.12. The van der Waals surface area contributed by atoms with E-state index >= 15 is 0 Å². The fourth-order valence-electron chi connectivity index (χ4n) is 3.78. The van der Waals surface area contributed by atoms with Gasteiger partial charge in [0.25, 0.3) is 0 Å². The Morgan fingerprint density at radius 1 is 1.12 bits per heavy atom. The van der Waals surface area contributed by atoms with Crippen LogP contribution in [-0.2, 0) is 10.0 Å². The first-order chi connectivity index (χ1) is 11.6. The number of piperidine rings is 1. The van der Waals surface area contributed by atoms with Gasteiger partial charge in [-0.25, -0.2) is 8.42 Å². The van der Waals surface area contributed by atoms with Crippen LogP contribution in [0, 0.1) is 11.3 Å². The smallest absolute Gasteiger partial charge is 0.243 e. The van der Waals surface area contributed by atoms with E-state index in [4.69, 9.17) is 5.26 Å². The third kappa shape index (κ3) is 3.80. The summed E-state index contributed by atoms with van der Waals surface area (Å²) in [6, 6.07) is 8.48. The molecule has 0 spiro atoms. The second kappa shape index (κ2) is 7.64. The van der Waals surface area contributed by atoms with Crippen molar-refractivity contribution in [1.82, 2.24) is 9.21 Å². The number of rotatable bonds is 5. The first kappa shape index (κ1) is 17.4. The van der Waals surface area contributed by atoms with Crippen LogP contribution < -0.4 is 0 Å². The van der Waals surface area contributed by atoms with Crippen molar-refractivity contribution in [3.63, 3.8) is 0 Å². The number of nitrogens with zero attached hydrogens (tertiary/aromatic N) is 3. The highest BCUT2D eigenvalue weighted by Gasteiger charge is 2.33. The van der Waals surface area contributed by atoms with E-state index in [0.717, 1.165) is 45.3 Å². The van der Waals surface area contributed by atoms with Crippen molar-refractivity contribution in [2.45, 2.75) is 49.5 Å². The van der Waals surface area contributed by atoms with Crippen LogP contribution >= 0.6 is 0 Å². The fraction of sp³-hybridized carbons (Fsp3) is 0.611. The number of nitriles is 1. The van der Waals surface area contributed by atoms with Crippen molar-refractivity contribution in [3.8, 4) is 6.07 Å². The Hall–Kier alpha value is -1.42. The molecule has 0 radical (unpaired) electrons. The van der Waals surface area contributed by atoms with Gasteiger partial charge in [0.15, 0.2) is 0 Å². The van der Waals surface area contributed by atoms with Crippen LogP contribution in [0.15, 0.2) is 29.2 Å². The van der Waals surface area contributed by atoms with Crippen molar-refractivity contribution in [1.29, 1.82) is 5.26 Å². The Labute approximate surface area is 144 Å². The molecule has 0 amide bonds. The van der Waals surface area contributed by atoms with Gasteiger partial charge in [0, 0.05) is 12.6 Å². The molecule has 0 aliphatic carbocycles. The Balaban J connectivity index is 1.76. The van der Waals surface area contributed by atoms with E-state index in [2.05, 4.69) is 4.90 Å². The number of hydrogen-bond donors (Lipinski definition) is 0. The molecule has 0 bridgehead atoms. The van der Waals surface area contributed by atoms with Crippen LogP contribution in [0.2, 0.25) is 0 Å². The molecule has 1 aromatic carbocycles. The van der Waals surface area contributed by atoms with Gasteiger partial charge in [0.1, 0.15) is 0 Å². The molecule has 2 heterocycles. The van der Waals surface area contributed by atoms with E-state index in [1.807, 2.05) is 6.07 Å². The number of benzene rings is 1. The summed E-state index contributed by atoms with van der Waals surface area (Å²) in [6.45, 7) is 3.85. The second-order valence-electron chi connectivity index (χ2n) is 6.74. The Kier molecular flexibility index (Phi) is 5.54. The highest BCUT2D eigenvalue weighted by molar-refractivity contribution is 7.89. The largest absolute Gasteiger partial charge is 0.303 e. The molecule has 2 fully saturated rings. The number of hydrogen-bond acceptors (Lipinski definition) is 4. The molecule has 1 aromatic rings. The quantitative estimate of drug-likeness (QED) is 0.821. The lowest BCUT2D eigenvalue weighted by molar-refractivity contribution is 0.213. The van der Waals surface area contributed by atoms with Crippen molar-refractivity contribution < 1.29 is 8.42 Å². The summed E-state index contributed by atoms with van der Waals surface area (Å²) in [4.78, 5) is 2.69. The van der Waals surface area contributed by atoms with E-state index in [9.17, 15) is 8.42 Å². The lowest BCUT2D eigenvalue weighted by atomic mass is 10.0. The molecule has 130 valence electrons. The van der Waals surface area contributed by atoms with Crippen LogP contribution in [0.25, 0.3) is 0 Å². The molecule has 3 rings (SSSR count). The predicted octanol–water partition coefficient (Wildman–Crippen LogP) is 2.59. The first-order valence-electron chi connectivity index (χ1n) is 8.85. The molecule has 0 saturated carbocycles. The van der Waals surface area contributed by atoms with Gasteiger partial charge >= 0.3 is 0 Å². The lowest BCUT2D eigenvalue weighted by Crippen LogP contribution is -2.45. The van der Waals surface area contributed by atoms with Crippen LogP contribution in [0.1, 0.15) is 44.1 Å². The van der Waals surface area contributed by atoms with Gasteiger partial charge in [-0.15, -0.1) is 0 Å². The summed E-state index contributed by atoms with van der Waals surface area (Å²) in [6.07, 6.45) is 6.36. The van der Waals surface area contributed by atoms with E-state index in [-0.39, 0.29) is 10.9 Å². The standard InChI is InChI=1S/C18H25N3O2S/c19-15-16-6-5-8-18(14-16)24(22,23)21-12-2-1-7-17(21)9-13-20-10-3-4-11-20/h5-6,8,14,17H,1-4,7,9-13H2. The fourth-order valence-corrected chi connectivity index (χ4v) is 5.55. The molecule has 2 saturated heterocycles. The van der Waals surface area contributed by atoms with Gasteiger partial charge in [0.2, 0.25) is 10.0 Å². The molecule has 6 heteroatoms. The molecule has 0 aromatic heterocycles. The topological polar surface area (TPSA) is 64.4 Å². The molecular weight excluding hydrogens is 322 g/mol. The third-order valence-corrected chi connectivity index (χ3v) is 7.07. The summed E-state index contributed by atoms with van der Waals surface area (Å²) in [5.41, 5.74) is 0.390. The molecular formula is C18H25N3O2S. The lowest BCUT2D eigenvalue weighted by Gasteiger charge is -2.35. The zero-order valence-electron chi connectivity index (χ0n) is 14.0. The van der Waals surface area contributed by atoms with Crippen molar-refractivity contribution >= 4 is 10.0 Å². The molecule has 2 aliphatic rings. The van der Waals surface area contributed by atoms with Gasteiger partial charge in [-0.05, 0) is 69.9 Å². The SMILES string of the molecule is N#Cc1cccc(S(=O)(=O)N2CCCCC2CCN2CCCC2)c1. The van der Waals surface area contributed by atoms with Gasteiger partial charge in [-0.2, -0.15) is 9.57 Å². The monoisotopic (exact) mass is 347 g/mol. The number of sulfonamides is 1. The summed E-state index contributed by atoms with van der Waals surface area (Å²) in [7, 11) is -3.53. The van der Waals surface area contributed by atoms with Gasteiger partial charge < -0.3 is 4.90 Å². The number of likely N-dealkylation sites (tertiary alicyclic amines) is 1. The predicted molar refractivity (Wildman–Crippen MR) is 93.0 cm³/mol. The zero-order chi connectivity index (χ0) is 17.0. The van der Waals surface area contributed by atoms with E-state index in [1.54, 1.807) is 22.5 Å². The summed E-state index contributed by atoms with van der Waals surface area (Å²) < 4.78 is 27.8. The normalized spacial score (nSPS) is 23.2. The van der Waals surface area contributed by atoms with Gasteiger partial charge in [-0.1, -0.05) is 12.5 Å². The Bertz CT molecular complexity index is 705. The van der Waals surface area contributed by atoms with Crippen LogP contribution in [0.5, 0.6) is 0 Å². The summed E-state index contributed by atoms with van der Waals surface area (Å²) in [5.74, 6) is 0. The molecule has 0 N–H and O–H groups in total. The molecule has 1 unspecified atom stereocenters. The van der Waals surface area contributed by atoms with Crippen LogP contribution in [0.3, 0.4) is 0 Å². The van der Waals surface area contributed by atoms with E-state index in [1.165, 1.54) is 18.9 Å². The van der Waals surface area contributed by atoms with Gasteiger partial charge in [-0.3, -0.25) is 0 Å². The molecule has 2 aliphatic heterocycles. The maximum atomic E-state index is 13.1. The van der Waals surface area contributed by atoms with Crippen molar-refractivity contribution in [2.24, 2.45) is 0 Å². The first-order valence-corrected chi connectivity index (χ1v) is 10.3. The van der Waals surface area contributed by atoms with Gasteiger partial charge in [0.05, 0.1) is 16.5 Å². The van der Waals surface area contributed by atoms with E-state index < -0.39 is 10.0 Å². The molecule has 24 heavy (non-hydrogen) atoms. The molecule has 5 nitrogen and oxygen atoms in total. The Morgan fingerprint density at radius 2 is 1.88 bits per heavy atom. The second-order valence-corrected chi connectivity index (χ2v) is 8.63. The maximum absolute atomic E-state index is 13.1. The zero-order valence-corrected chi connectivity index (χ0v) is 14.8. The molecule has 1 atom stereocenters. The average Bonchev–Trinajstić information content (AvgIpc) is 3.14. The highest BCUT2D eigenvalue weighted by atomic mass is 32.2. The minimum atomic E-state index is -3.53. The summed E-state index contributed by atoms with van der Waals surface area (Å²) in [5, 5.41) is 9.03. The minimum Gasteiger partial charge on any atom is -0.303 e. The van der Waals surface area contributed by atoms with E-state index in [0.29, 0.717) is 12.1 Å². The minimum absolute atomic E-state index is 0.0788. The van der Waals surface area contributed by atoms with Crippen molar-refractivity contribution in [2.75, 3.05) is 26.2 Å². The average molecular weight is 347 g/mol. The van der Waals surface area contributed by atoms with Crippen LogP contribution in [-0.4, -0.2) is 49.8 Å². The summed E-state index contributed by atoms with van der Waals surface area (Å²) >= 11 is 0. The van der Waals surface area contributed by atoms with Crippen LogP contribution in [0.4, 0.5) is 0 Å². The van der Waals surface area contributed by atoms with Crippen molar-refractivity contribution in [3.05, 3.63) is 29.8 Å². The maximum Gasteiger partial charge on any atom is 0.243 e.